The molecule has 7 nitrogen and oxygen atoms in total. The van der Waals surface area contributed by atoms with Crippen LogP contribution in [0.4, 0.5) is 5.69 Å². The fourth-order valence-electron chi connectivity index (χ4n) is 5.04. The van der Waals surface area contributed by atoms with E-state index in [2.05, 4.69) is 39.2 Å². The summed E-state index contributed by atoms with van der Waals surface area (Å²) in [5, 5.41) is 10.9. The molecule has 0 spiro atoms. The number of phenolic OH excluding ortho intramolecular Hbond substituents is 1. The normalized spacial score (nSPS) is 19.4. The monoisotopic (exact) mass is 591 g/mol. The van der Waals surface area contributed by atoms with E-state index in [9.17, 15) is 18.3 Å². The van der Waals surface area contributed by atoms with Gasteiger partial charge in [0.2, 0.25) is 10.0 Å². The lowest BCUT2D eigenvalue weighted by Gasteiger charge is -2.27. The van der Waals surface area contributed by atoms with Gasteiger partial charge in [0.15, 0.2) is 5.78 Å². The molecule has 3 rings (SSSR count). The van der Waals surface area contributed by atoms with Crippen molar-refractivity contribution in [3.63, 3.8) is 0 Å². The number of carbonyl (C=O) groups excluding carboxylic acids is 1. The number of likely N-dealkylation sites (tertiary alicyclic amines) is 1. The van der Waals surface area contributed by atoms with Crippen LogP contribution in [0.3, 0.4) is 0 Å². The second-order valence-corrected chi connectivity index (χ2v) is 13.3. The average molecular weight is 593 g/mol. The minimum atomic E-state index is -3.64. The number of carbonyl (C=O) groups is 1. The van der Waals surface area contributed by atoms with Gasteiger partial charge in [-0.05, 0) is 41.9 Å². The molecule has 1 fully saturated rings. The number of hydrogen-bond donors (Lipinski definition) is 1. The SMILES string of the molecule is CCC[C@H]1CN(CC(=O)c2cc(N(C)S(C)(=O)=O)c(O)c(C(C)(C)C)c2)C(=NBr)[C@@H]1Cc1ccccc1. The molecule has 0 aliphatic carbocycles. The van der Waals surface area contributed by atoms with Crippen molar-refractivity contribution in [3.8, 4) is 5.75 Å². The molecule has 1 heterocycles. The summed E-state index contributed by atoms with van der Waals surface area (Å²) >= 11 is 3.32. The van der Waals surface area contributed by atoms with E-state index in [-0.39, 0.29) is 29.7 Å². The predicted molar refractivity (Wildman–Crippen MR) is 154 cm³/mol. The first-order chi connectivity index (χ1) is 17.3. The number of rotatable bonds is 9. The largest absolute Gasteiger partial charge is 0.505 e. The first-order valence-electron chi connectivity index (χ1n) is 12.6. The number of halogens is 1. The van der Waals surface area contributed by atoms with Crippen LogP contribution in [0.25, 0.3) is 0 Å². The Morgan fingerprint density at radius 2 is 1.86 bits per heavy atom. The molecule has 0 aromatic heterocycles. The van der Waals surface area contributed by atoms with Crippen LogP contribution in [0.2, 0.25) is 0 Å². The standard InChI is InChI=1S/C28H38BrN3O4S/c1-7-11-20-17-32(27(30-29)22(20)14-19-12-9-8-10-13-19)18-25(33)21-15-23(28(2,3)4)26(34)24(16-21)31(5)37(6,35)36/h8-10,12-13,15-16,20,22,34H,7,11,14,17-18H2,1-6H3/t20-,22+/m0/s1. The van der Waals surface area contributed by atoms with Gasteiger partial charge in [0.05, 0.1) is 34.6 Å². The lowest BCUT2D eigenvalue weighted by molar-refractivity contribution is 0.0963. The Balaban J connectivity index is 1.96. The van der Waals surface area contributed by atoms with E-state index in [0.29, 0.717) is 17.0 Å². The van der Waals surface area contributed by atoms with Gasteiger partial charge in [0, 0.05) is 30.6 Å². The van der Waals surface area contributed by atoms with E-state index < -0.39 is 15.4 Å². The molecule has 0 amide bonds. The van der Waals surface area contributed by atoms with Crippen molar-refractivity contribution in [2.24, 2.45) is 15.9 Å². The topological polar surface area (TPSA) is 90.3 Å². The number of ketones is 1. The van der Waals surface area contributed by atoms with E-state index in [1.807, 2.05) is 43.9 Å². The molecule has 37 heavy (non-hydrogen) atoms. The van der Waals surface area contributed by atoms with E-state index in [0.717, 1.165) is 42.2 Å². The Morgan fingerprint density at radius 3 is 2.41 bits per heavy atom. The fraction of sp³-hybridized carbons (Fsp3) is 0.500. The van der Waals surface area contributed by atoms with Crippen LogP contribution in [-0.4, -0.2) is 56.4 Å². The highest BCUT2D eigenvalue weighted by molar-refractivity contribution is 9.08. The van der Waals surface area contributed by atoms with Gasteiger partial charge in [-0.3, -0.25) is 9.10 Å². The molecule has 0 radical (unpaired) electrons. The minimum Gasteiger partial charge on any atom is -0.505 e. The lowest BCUT2D eigenvalue weighted by Crippen LogP contribution is -2.33. The summed E-state index contributed by atoms with van der Waals surface area (Å²) in [6, 6.07) is 13.5. The van der Waals surface area contributed by atoms with Crippen molar-refractivity contribution in [1.82, 2.24) is 4.90 Å². The van der Waals surface area contributed by atoms with Crippen LogP contribution < -0.4 is 4.31 Å². The molecule has 1 aliphatic rings. The highest BCUT2D eigenvalue weighted by Gasteiger charge is 2.39. The molecular formula is C28H38BrN3O4S. The number of sulfonamides is 1. The van der Waals surface area contributed by atoms with Crippen molar-refractivity contribution in [3.05, 3.63) is 59.2 Å². The van der Waals surface area contributed by atoms with Crippen LogP contribution in [0, 0.1) is 11.8 Å². The number of amidine groups is 1. The number of nitrogens with zero attached hydrogens (tertiary/aromatic N) is 3. The molecule has 202 valence electrons. The highest BCUT2D eigenvalue weighted by Crippen LogP contribution is 2.40. The van der Waals surface area contributed by atoms with Crippen molar-refractivity contribution >= 4 is 43.5 Å². The van der Waals surface area contributed by atoms with Crippen LogP contribution in [0.1, 0.15) is 62.0 Å². The van der Waals surface area contributed by atoms with Gasteiger partial charge in [-0.25, -0.2) is 8.42 Å². The fourth-order valence-corrected chi connectivity index (χ4v) is 6.02. The number of anilines is 1. The first kappa shape index (κ1) is 29.2. The Morgan fingerprint density at radius 1 is 1.22 bits per heavy atom. The Hall–Kier alpha value is -2.39. The molecule has 1 N–H and O–H groups in total. The summed E-state index contributed by atoms with van der Waals surface area (Å²) in [4.78, 5) is 15.7. The number of aromatic hydroxyl groups is 1. The van der Waals surface area contributed by atoms with Gasteiger partial charge >= 0.3 is 0 Å². The summed E-state index contributed by atoms with van der Waals surface area (Å²) in [7, 11) is -2.26. The summed E-state index contributed by atoms with van der Waals surface area (Å²) in [5.74, 6) is 1.13. The third-order valence-electron chi connectivity index (χ3n) is 7.12. The van der Waals surface area contributed by atoms with Crippen molar-refractivity contribution in [1.29, 1.82) is 0 Å². The van der Waals surface area contributed by atoms with Gasteiger partial charge in [-0.2, -0.15) is 4.02 Å². The van der Waals surface area contributed by atoms with E-state index in [4.69, 9.17) is 0 Å². The molecule has 9 heteroatoms. The smallest absolute Gasteiger partial charge is 0.232 e. The second kappa shape index (κ2) is 11.6. The molecular weight excluding hydrogens is 554 g/mol. The zero-order chi connectivity index (χ0) is 27.5. The summed E-state index contributed by atoms with van der Waals surface area (Å²) < 4.78 is 30.0. The molecule has 0 bridgehead atoms. The maximum absolute atomic E-state index is 13.6. The number of benzene rings is 2. The highest BCUT2D eigenvalue weighted by atomic mass is 79.9. The maximum Gasteiger partial charge on any atom is 0.232 e. The molecule has 2 aromatic rings. The summed E-state index contributed by atoms with van der Waals surface area (Å²) in [5.41, 5.74) is 1.71. The van der Waals surface area contributed by atoms with Crippen molar-refractivity contribution < 1.29 is 18.3 Å². The van der Waals surface area contributed by atoms with Gasteiger partial charge < -0.3 is 10.0 Å². The zero-order valence-electron chi connectivity index (χ0n) is 22.5. The molecule has 0 saturated carbocycles. The summed E-state index contributed by atoms with van der Waals surface area (Å²) in [6.07, 6.45) is 3.99. The van der Waals surface area contributed by atoms with E-state index in [1.165, 1.54) is 18.7 Å². The second-order valence-electron chi connectivity index (χ2n) is 11.0. The van der Waals surface area contributed by atoms with Crippen molar-refractivity contribution in [2.45, 2.75) is 52.4 Å². The number of hydrogen-bond acceptors (Lipinski definition) is 5. The molecule has 2 atom stereocenters. The van der Waals surface area contributed by atoms with Gasteiger partial charge in [-0.1, -0.05) is 64.4 Å². The van der Waals surface area contributed by atoms with E-state index >= 15 is 0 Å². The van der Waals surface area contributed by atoms with Crippen LogP contribution in [0.15, 0.2) is 46.5 Å². The molecule has 1 aliphatic heterocycles. The third kappa shape index (κ3) is 6.74. The predicted octanol–water partition coefficient (Wildman–Crippen LogP) is 5.57. The maximum atomic E-state index is 13.6. The third-order valence-corrected chi connectivity index (χ3v) is 8.67. The molecule has 0 unspecified atom stereocenters. The molecule has 2 aromatic carbocycles. The number of Topliss-reactive ketones (excluding diaryl/α,β-unsaturated/α-hetero) is 1. The van der Waals surface area contributed by atoms with Gasteiger partial charge in [0.25, 0.3) is 0 Å². The first-order valence-corrected chi connectivity index (χ1v) is 15.2. The average Bonchev–Trinajstić information content (AvgIpc) is 3.13. The Kier molecular flexibility index (Phi) is 9.11. The lowest BCUT2D eigenvalue weighted by atomic mass is 9.84. The minimum absolute atomic E-state index is 0.0971. The van der Waals surface area contributed by atoms with Crippen LogP contribution >= 0.6 is 16.1 Å². The molecule has 1 saturated heterocycles. The van der Waals surface area contributed by atoms with Crippen LogP contribution in [0.5, 0.6) is 5.75 Å². The quantitative estimate of drug-likeness (QED) is 0.385. The summed E-state index contributed by atoms with van der Waals surface area (Å²) in [6.45, 7) is 8.76. The van der Waals surface area contributed by atoms with Crippen molar-refractivity contribution in [2.75, 3.05) is 30.7 Å². The zero-order valence-corrected chi connectivity index (χ0v) is 24.9. The van der Waals surface area contributed by atoms with E-state index in [1.54, 1.807) is 6.07 Å². The Labute approximate surface area is 230 Å². The van der Waals surface area contributed by atoms with Crippen LogP contribution in [-0.2, 0) is 21.9 Å². The van der Waals surface area contributed by atoms with Gasteiger partial charge in [-0.15, -0.1) is 0 Å². The Bertz CT molecular complexity index is 1260. The van der Waals surface area contributed by atoms with Gasteiger partial charge in [0.1, 0.15) is 11.6 Å². The number of phenols is 1.